The largest absolute Gasteiger partial charge is 0.353 e. The second kappa shape index (κ2) is 6.44. The van der Waals surface area contributed by atoms with Gasteiger partial charge >= 0.3 is 0 Å². The predicted molar refractivity (Wildman–Crippen MR) is 89.8 cm³/mol. The third-order valence-corrected chi connectivity index (χ3v) is 4.11. The van der Waals surface area contributed by atoms with E-state index < -0.39 is 0 Å². The predicted octanol–water partition coefficient (Wildman–Crippen LogP) is 3.72. The van der Waals surface area contributed by atoms with Crippen molar-refractivity contribution in [3.63, 3.8) is 0 Å². The van der Waals surface area contributed by atoms with Gasteiger partial charge in [0.1, 0.15) is 5.82 Å². The van der Waals surface area contributed by atoms with Crippen LogP contribution in [0.3, 0.4) is 0 Å². The molecule has 1 aliphatic rings. The average Bonchev–Trinajstić information content (AvgIpc) is 3.33. The maximum Gasteiger partial charge on any atom is 0.137 e. The minimum Gasteiger partial charge on any atom is -0.353 e. The van der Waals surface area contributed by atoms with Gasteiger partial charge in [0.15, 0.2) is 0 Å². The van der Waals surface area contributed by atoms with Crippen molar-refractivity contribution >= 4 is 16.6 Å². The normalized spacial score (nSPS) is 14.6. The lowest BCUT2D eigenvalue weighted by Gasteiger charge is -2.24. The molecule has 2 aromatic rings. The molecular weight excluding hydrogens is 258 g/mol. The van der Waals surface area contributed by atoms with E-state index in [2.05, 4.69) is 54.4 Å². The summed E-state index contributed by atoms with van der Waals surface area (Å²) in [7, 11) is 0. The van der Waals surface area contributed by atoms with Crippen molar-refractivity contribution < 1.29 is 0 Å². The molecule has 1 saturated carbocycles. The highest BCUT2D eigenvalue weighted by Gasteiger charge is 2.29. The van der Waals surface area contributed by atoms with Crippen LogP contribution in [-0.2, 0) is 6.54 Å². The lowest BCUT2D eigenvalue weighted by Crippen LogP contribution is -2.27. The number of hydrogen-bond acceptors (Lipinski definition) is 3. The van der Waals surface area contributed by atoms with Crippen molar-refractivity contribution in [3.8, 4) is 0 Å². The molecule has 0 unspecified atom stereocenters. The second-order valence-corrected chi connectivity index (χ2v) is 5.85. The Morgan fingerprint density at radius 2 is 2.05 bits per heavy atom. The van der Waals surface area contributed by atoms with Crippen molar-refractivity contribution in [1.82, 2.24) is 10.3 Å². The third-order valence-electron chi connectivity index (χ3n) is 4.11. The number of benzene rings is 1. The summed E-state index contributed by atoms with van der Waals surface area (Å²) in [6.07, 6.45) is 3.77. The SMILES string of the molecule is CCCNCc1cc2ccccc2c(N(CC)C2CC2)n1. The average molecular weight is 283 g/mol. The minimum atomic E-state index is 0.699. The Labute approximate surface area is 127 Å². The van der Waals surface area contributed by atoms with Gasteiger partial charge in [-0.15, -0.1) is 0 Å². The van der Waals surface area contributed by atoms with Gasteiger partial charge in [0.25, 0.3) is 0 Å². The summed E-state index contributed by atoms with van der Waals surface area (Å²) in [6, 6.07) is 11.6. The van der Waals surface area contributed by atoms with Crippen LogP contribution >= 0.6 is 0 Å². The molecule has 0 radical (unpaired) electrons. The van der Waals surface area contributed by atoms with Crippen molar-refractivity contribution in [3.05, 3.63) is 36.0 Å². The highest BCUT2D eigenvalue weighted by Crippen LogP contribution is 2.34. The first kappa shape index (κ1) is 14.3. The molecule has 0 saturated heterocycles. The summed E-state index contributed by atoms with van der Waals surface area (Å²) in [5.41, 5.74) is 1.15. The first-order valence-electron chi connectivity index (χ1n) is 8.19. The van der Waals surface area contributed by atoms with Gasteiger partial charge in [0.2, 0.25) is 0 Å². The molecule has 3 rings (SSSR count). The monoisotopic (exact) mass is 283 g/mol. The van der Waals surface area contributed by atoms with Gasteiger partial charge < -0.3 is 10.2 Å². The van der Waals surface area contributed by atoms with Gasteiger partial charge in [-0.2, -0.15) is 0 Å². The van der Waals surface area contributed by atoms with Gasteiger partial charge in [-0.25, -0.2) is 4.98 Å². The van der Waals surface area contributed by atoms with Gasteiger partial charge in [-0.1, -0.05) is 31.2 Å². The number of rotatable bonds is 7. The van der Waals surface area contributed by atoms with Crippen molar-refractivity contribution in [2.75, 3.05) is 18.0 Å². The van der Waals surface area contributed by atoms with Crippen LogP contribution < -0.4 is 10.2 Å². The van der Waals surface area contributed by atoms with Crippen LogP contribution in [0.4, 0.5) is 5.82 Å². The molecule has 1 aliphatic carbocycles. The molecule has 0 spiro atoms. The molecule has 0 atom stereocenters. The number of anilines is 1. The topological polar surface area (TPSA) is 28.2 Å². The molecule has 1 fully saturated rings. The third kappa shape index (κ3) is 3.18. The summed E-state index contributed by atoms with van der Waals surface area (Å²) >= 11 is 0. The van der Waals surface area contributed by atoms with Crippen LogP contribution in [0.25, 0.3) is 10.8 Å². The van der Waals surface area contributed by atoms with Crippen molar-refractivity contribution in [2.45, 2.75) is 45.7 Å². The zero-order valence-corrected chi connectivity index (χ0v) is 13.1. The van der Waals surface area contributed by atoms with Crippen LogP contribution in [0.15, 0.2) is 30.3 Å². The Morgan fingerprint density at radius 1 is 1.24 bits per heavy atom. The van der Waals surface area contributed by atoms with Crippen molar-refractivity contribution in [2.24, 2.45) is 0 Å². The Hall–Kier alpha value is -1.61. The molecule has 1 N–H and O–H groups in total. The maximum atomic E-state index is 4.97. The van der Waals surface area contributed by atoms with E-state index in [0.29, 0.717) is 6.04 Å². The molecule has 21 heavy (non-hydrogen) atoms. The number of pyridine rings is 1. The lowest BCUT2D eigenvalue weighted by atomic mass is 10.1. The molecule has 1 aromatic carbocycles. The van der Waals surface area contributed by atoms with Gasteiger partial charge in [0, 0.05) is 24.5 Å². The molecule has 1 heterocycles. The fourth-order valence-electron chi connectivity index (χ4n) is 2.90. The highest BCUT2D eigenvalue weighted by molar-refractivity contribution is 5.92. The number of nitrogens with one attached hydrogen (secondary N) is 1. The molecule has 1 aromatic heterocycles. The number of nitrogens with zero attached hydrogens (tertiary/aromatic N) is 2. The van der Waals surface area contributed by atoms with Crippen LogP contribution in [0.2, 0.25) is 0 Å². The van der Waals surface area contributed by atoms with Crippen LogP contribution in [-0.4, -0.2) is 24.1 Å². The summed E-state index contributed by atoms with van der Waals surface area (Å²) in [5, 5.41) is 6.05. The molecule has 112 valence electrons. The molecule has 3 heteroatoms. The Bertz CT molecular complexity index is 604. The first-order chi connectivity index (χ1) is 10.3. The molecule has 0 aliphatic heterocycles. The van der Waals surface area contributed by atoms with Gasteiger partial charge in [0.05, 0.1) is 5.69 Å². The Morgan fingerprint density at radius 3 is 2.76 bits per heavy atom. The minimum absolute atomic E-state index is 0.699. The van der Waals surface area contributed by atoms with E-state index in [9.17, 15) is 0 Å². The zero-order chi connectivity index (χ0) is 14.7. The number of hydrogen-bond donors (Lipinski definition) is 1. The number of aromatic nitrogens is 1. The molecule has 0 amide bonds. The Balaban J connectivity index is 1.98. The lowest BCUT2D eigenvalue weighted by molar-refractivity contribution is 0.663. The summed E-state index contributed by atoms with van der Waals surface area (Å²) in [5.74, 6) is 1.17. The van der Waals surface area contributed by atoms with E-state index >= 15 is 0 Å². The quantitative estimate of drug-likeness (QED) is 0.785. The summed E-state index contributed by atoms with van der Waals surface area (Å²) < 4.78 is 0. The van der Waals surface area contributed by atoms with Crippen LogP contribution in [0.5, 0.6) is 0 Å². The summed E-state index contributed by atoms with van der Waals surface area (Å²) in [4.78, 5) is 7.45. The highest BCUT2D eigenvalue weighted by atomic mass is 15.2. The standard InChI is InChI=1S/C18H25N3/c1-3-11-19-13-15-12-14-7-5-6-8-17(14)18(20-15)21(4-2)16-9-10-16/h5-8,12,16,19H,3-4,9-11,13H2,1-2H3. The van der Waals surface area contributed by atoms with E-state index in [0.717, 1.165) is 31.7 Å². The first-order valence-corrected chi connectivity index (χ1v) is 8.19. The Kier molecular flexibility index (Phi) is 4.39. The van der Waals surface area contributed by atoms with E-state index in [1.54, 1.807) is 0 Å². The second-order valence-electron chi connectivity index (χ2n) is 5.85. The summed E-state index contributed by atoms with van der Waals surface area (Å²) in [6.45, 7) is 7.36. The molecule has 0 bridgehead atoms. The van der Waals surface area contributed by atoms with E-state index in [1.807, 2.05) is 0 Å². The number of fused-ring (bicyclic) bond motifs is 1. The van der Waals surface area contributed by atoms with Gasteiger partial charge in [-0.05, 0) is 44.2 Å². The fourth-order valence-corrected chi connectivity index (χ4v) is 2.90. The van der Waals surface area contributed by atoms with Crippen LogP contribution in [0, 0.1) is 0 Å². The maximum absolute atomic E-state index is 4.97. The van der Waals surface area contributed by atoms with Gasteiger partial charge in [-0.3, -0.25) is 0 Å². The van der Waals surface area contributed by atoms with E-state index in [-0.39, 0.29) is 0 Å². The molecular formula is C18H25N3. The van der Waals surface area contributed by atoms with E-state index in [4.69, 9.17) is 4.98 Å². The van der Waals surface area contributed by atoms with Crippen molar-refractivity contribution in [1.29, 1.82) is 0 Å². The smallest absolute Gasteiger partial charge is 0.137 e. The zero-order valence-electron chi connectivity index (χ0n) is 13.1. The molecule has 3 nitrogen and oxygen atoms in total. The van der Waals surface area contributed by atoms with Crippen LogP contribution in [0.1, 0.15) is 38.8 Å². The fraction of sp³-hybridized carbons (Fsp3) is 0.500. The van der Waals surface area contributed by atoms with E-state index in [1.165, 1.54) is 29.4 Å².